The van der Waals surface area contributed by atoms with E-state index in [-0.39, 0.29) is 12.1 Å². The number of piperidine rings is 1. The number of rotatable bonds is 2. The number of likely N-dealkylation sites (tertiary alicyclic amines) is 1. The number of hydrogen-bond donors (Lipinski definition) is 1. The van der Waals surface area contributed by atoms with E-state index in [9.17, 15) is 5.11 Å². The van der Waals surface area contributed by atoms with Crippen LogP contribution in [0.2, 0.25) is 0 Å². The van der Waals surface area contributed by atoms with Crippen molar-refractivity contribution in [2.24, 2.45) is 0 Å². The summed E-state index contributed by atoms with van der Waals surface area (Å²) in [6.45, 7) is 3.18. The number of nitrogens with zero attached hydrogens (tertiary/aromatic N) is 1. The minimum absolute atomic E-state index is 0.288. The first-order chi connectivity index (χ1) is 7.68. The molecule has 0 amide bonds. The third-order valence-electron chi connectivity index (χ3n) is 3.61. The normalized spacial score (nSPS) is 24.3. The quantitative estimate of drug-likeness (QED) is 0.826. The summed E-state index contributed by atoms with van der Waals surface area (Å²) in [5.41, 5.74) is 2.29. The van der Waals surface area contributed by atoms with Gasteiger partial charge in [-0.25, -0.2) is 0 Å². The Labute approximate surface area is 97.9 Å². The Kier molecular flexibility index (Phi) is 3.62. The van der Waals surface area contributed by atoms with Crippen LogP contribution in [-0.4, -0.2) is 29.6 Å². The molecule has 0 aromatic heterocycles. The molecule has 2 heteroatoms. The lowest BCUT2D eigenvalue weighted by atomic mass is 9.93. The zero-order valence-electron chi connectivity index (χ0n) is 10.2. The molecule has 2 atom stereocenters. The highest BCUT2D eigenvalue weighted by Gasteiger charge is 2.26. The van der Waals surface area contributed by atoms with Crippen LogP contribution in [0, 0.1) is 6.92 Å². The van der Waals surface area contributed by atoms with E-state index < -0.39 is 0 Å². The topological polar surface area (TPSA) is 23.5 Å². The van der Waals surface area contributed by atoms with Gasteiger partial charge in [0.1, 0.15) is 0 Å². The Hall–Kier alpha value is -0.860. The molecule has 1 heterocycles. The van der Waals surface area contributed by atoms with Crippen LogP contribution in [0.25, 0.3) is 0 Å². The summed E-state index contributed by atoms with van der Waals surface area (Å²) in [4.78, 5) is 2.29. The number of aliphatic hydroxyl groups excluding tert-OH is 1. The third-order valence-corrected chi connectivity index (χ3v) is 3.61. The molecule has 16 heavy (non-hydrogen) atoms. The van der Waals surface area contributed by atoms with Gasteiger partial charge in [-0.05, 0) is 38.9 Å². The van der Waals surface area contributed by atoms with Gasteiger partial charge in [-0.15, -0.1) is 0 Å². The number of aliphatic hydroxyl groups is 1. The van der Waals surface area contributed by atoms with Crippen LogP contribution in [0.15, 0.2) is 24.3 Å². The highest BCUT2D eigenvalue weighted by Crippen LogP contribution is 2.27. The summed E-state index contributed by atoms with van der Waals surface area (Å²) in [5.74, 6) is 0. The first kappa shape index (κ1) is 11.6. The standard InChI is InChI=1S/C14H21NO/c1-11-6-8-12(9-7-11)14(16)13-5-3-4-10-15(13)2/h6-9,13-14,16H,3-5,10H2,1-2H3. The predicted molar refractivity (Wildman–Crippen MR) is 66.4 cm³/mol. The van der Waals surface area contributed by atoms with Crippen molar-refractivity contribution in [3.8, 4) is 0 Å². The maximum atomic E-state index is 10.4. The summed E-state index contributed by atoms with van der Waals surface area (Å²) >= 11 is 0. The molecule has 1 saturated heterocycles. The van der Waals surface area contributed by atoms with Gasteiger partial charge >= 0.3 is 0 Å². The summed E-state index contributed by atoms with van der Waals surface area (Å²) < 4.78 is 0. The van der Waals surface area contributed by atoms with Gasteiger partial charge in [-0.1, -0.05) is 36.2 Å². The SMILES string of the molecule is Cc1ccc(C(O)C2CCCCN2C)cc1. The Morgan fingerprint density at radius 3 is 2.56 bits per heavy atom. The summed E-state index contributed by atoms with van der Waals surface area (Å²) in [6.07, 6.45) is 3.25. The molecular formula is C14H21NO. The minimum Gasteiger partial charge on any atom is -0.387 e. The molecule has 1 N–H and O–H groups in total. The smallest absolute Gasteiger partial charge is 0.0945 e. The van der Waals surface area contributed by atoms with Crippen molar-refractivity contribution in [1.29, 1.82) is 0 Å². The second kappa shape index (κ2) is 4.98. The highest BCUT2D eigenvalue weighted by atomic mass is 16.3. The van der Waals surface area contributed by atoms with Gasteiger partial charge in [-0.2, -0.15) is 0 Å². The van der Waals surface area contributed by atoms with Gasteiger partial charge in [0.25, 0.3) is 0 Å². The predicted octanol–water partition coefficient (Wildman–Crippen LogP) is 2.51. The Balaban J connectivity index is 2.11. The minimum atomic E-state index is -0.342. The van der Waals surface area contributed by atoms with Crippen molar-refractivity contribution >= 4 is 0 Å². The number of benzene rings is 1. The van der Waals surface area contributed by atoms with Crippen LogP contribution in [0.4, 0.5) is 0 Å². The second-order valence-corrected chi connectivity index (χ2v) is 4.90. The maximum Gasteiger partial charge on any atom is 0.0945 e. The lowest BCUT2D eigenvalue weighted by Crippen LogP contribution is -2.40. The molecule has 0 saturated carbocycles. The maximum absolute atomic E-state index is 10.4. The van der Waals surface area contributed by atoms with Crippen LogP contribution in [0.5, 0.6) is 0 Å². The molecule has 2 rings (SSSR count). The lowest BCUT2D eigenvalue weighted by Gasteiger charge is -2.35. The van der Waals surface area contributed by atoms with Crippen molar-refractivity contribution in [1.82, 2.24) is 4.90 Å². The fourth-order valence-electron chi connectivity index (χ4n) is 2.49. The zero-order chi connectivity index (χ0) is 11.5. The molecule has 0 radical (unpaired) electrons. The fraction of sp³-hybridized carbons (Fsp3) is 0.571. The van der Waals surface area contributed by atoms with E-state index in [0.29, 0.717) is 0 Å². The molecular weight excluding hydrogens is 198 g/mol. The number of aryl methyl sites for hydroxylation is 1. The molecule has 2 unspecified atom stereocenters. The van der Waals surface area contributed by atoms with Crippen LogP contribution in [0.1, 0.15) is 36.5 Å². The largest absolute Gasteiger partial charge is 0.387 e. The van der Waals surface area contributed by atoms with Gasteiger partial charge in [-0.3, -0.25) is 0 Å². The average Bonchev–Trinajstić information content (AvgIpc) is 2.30. The zero-order valence-corrected chi connectivity index (χ0v) is 10.2. The van der Waals surface area contributed by atoms with E-state index in [1.807, 2.05) is 12.1 Å². The van der Waals surface area contributed by atoms with Gasteiger partial charge in [0, 0.05) is 6.04 Å². The first-order valence-electron chi connectivity index (χ1n) is 6.13. The molecule has 1 aromatic carbocycles. The van der Waals surface area contributed by atoms with Crippen LogP contribution in [0.3, 0.4) is 0 Å². The third kappa shape index (κ3) is 2.45. The van der Waals surface area contributed by atoms with E-state index in [4.69, 9.17) is 0 Å². The fourth-order valence-corrected chi connectivity index (χ4v) is 2.49. The average molecular weight is 219 g/mol. The Bertz CT molecular complexity index is 333. The van der Waals surface area contributed by atoms with Gasteiger partial charge < -0.3 is 10.0 Å². The van der Waals surface area contributed by atoms with E-state index in [0.717, 1.165) is 18.5 Å². The van der Waals surface area contributed by atoms with Crippen molar-refractivity contribution in [3.05, 3.63) is 35.4 Å². The highest BCUT2D eigenvalue weighted by molar-refractivity contribution is 5.24. The van der Waals surface area contributed by atoms with Crippen molar-refractivity contribution < 1.29 is 5.11 Å². The molecule has 2 nitrogen and oxygen atoms in total. The van der Waals surface area contributed by atoms with Gasteiger partial charge in [0.2, 0.25) is 0 Å². The second-order valence-electron chi connectivity index (χ2n) is 4.90. The van der Waals surface area contributed by atoms with Gasteiger partial charge in [0.05, 0.1) is 6.10 Å². The lowest BCUT2D eigenvalue weighted by molar-refractivity contribution is 0.0403. The molecule has 1 aliphatic rings. The van der Waals surface area contributed by atoms with E-state index in [1.54, 1.807) is 0 Å². The first-order valence-corrected chi connectivity index (χ1v) is 6.13. The molecule has 1 aliphatic heterocycles. The summed E-state index contributed by atoms with van der Waals surface area (Å²) in [6, 6.07) is 8.52. The Morgan fingerprint density at radius 1 is 1.25 bits per heavy atom. The molecule has 0 bridgehead atoms. The van der Waals surface area contributed by atoms with E-state index >= 15 is 0 Å². The molecule has 1 aromatic rings. The van der Waals surface area contributed by atoms with Gasteiger partial charge in [0.15, 0.2) is 0 Å². The van der Waals surface area contributed by atoms with Crippen molar-refractivity contribution in [3.63, 3.8) is 0 Å². The molecule has 1 fully saturated rings. The summed E-state index contributed by atoms with van der Waals surface area (Å²) in [5, 5.41) is 10.4. The van der Waals surface area contributed by atoms with E-state index in [2.05, 4.69) is 31.0 Å². The van der Waals surface area contributed by atoms with Crippen molar-refractivity contribution in [2.45, 2.75) is 38.3 Å². The van der Waals surface area contributed by atoms with Crippen LogP contribution >= 0.6 is 0 Å². The molecule has 0 aliphatic carbocycles. The summed E-state index contributed by atoms with van der Waals surface area (Å²) in [7, 11) is 2.11. The molecule has 0 spiro atoms. The Morgan fingerprint density at radius 2 is 1.94 bits per heavy atom. The molecule has 88 valence electrons. The van der Waals surface area contributed by atoms with Crippen LogP contribution in [-0.2, 0) is 0 Å². The number of likely N-dealkylation sites (N-methyl/N-ethyl adjacent to an activating group) is 1. The van der Waals surface area contributed by atoms with Crippen molar-refractivity contribution in [2.75, 3.05) is 13.6 Å². The monoisotopic (exact) mass is 219 g/mol. The number of hydrogen-bond acceptors (Lipinski definition) is 2. The van der Waals surface area contributed by atoms with Crippen LogP contribution < -0.4 is 0 Å². The van der Waals surface area contributed by atoms with E-state index in [1.165, 1.54) is 18.4 Å².